The molecule has 0 spiro atoms. The van der Waals surface area contributed by atoms with E-state index in [0.717, 1.165) is 44.6 Å². The van der Waals surface area contributed by atoms with Gasteiger partial charge in [-0.05, 0) is 25.8 Å². The number of phenolic OH excluding ortho intramolecular Hbond substituents is 1. The van der Waals surface area contributed by atoms with Gasteiger partial charge in [0.15, 0.2) is 11.5 Å². The average molecular weight is 363 g/mol. The van der Waals surface area contributed by atoms with Crippen molar-refractivity contribution in [2.24, 2.45) is 0 Å². The van der Waals surface area contributed by atoms with Crippen LogP contribution in [0, 0.1) is 0 Å². The molecule has 1 atom stereocenters. The Morgan fingerprint density at radius 3 is 2.65 bits per heavy atom. The van der Waals surface area contributed by atoms with E-state index in [1.54, 1.807) is 0 Å². The number of ether oxygens (including phenoxy) is 1. The van der Waals surface area contributed by atoms with E-state index in [9.17, 15) is 5.11 Å². The molecule has 0 aliphatic carbocycles. The number of rotatable bonds is 7. The lowest BCUT2D eigenvalue weighted by molar-refractivity contribution is 0.163. The highest BCUT2D eigenvalue weighted by Gasteiger charge is 2.25. The molecular formula is C17H28Cl2N2O2. The fourth-order valence-corrected chi connectivity index (χ4v) is 2.88. The molecule has 0 saturated carbocycles. The minimum absolute atomic E-state index is 0. The Kier molecular flexibility index (Phi) is 11.1. The summed E-state index contributed by atoms with van der Waals surface area (Å²) in [6.07, 6.45) is 3.85. The maximum absolute atomic E-state index is 10.5. The molecule has 23 heavy (non-hydrogen) atoms. The number of hydrogen-bond acceptors (Lipinski definition) is 4. The number of nitrogens with one attached hydrogen (secondary N) is 1. The molecule has 1 aromatic rings. The number of phenols is 1. The summed E-state index contributed by atoms with van der Waals surface area (Å²) >= 11 is 0. The molecule has 1 heterocycles. The number of allylic oxidation sites excluding steroid dienone is 1. The number of aromatic hydroxyl groups is 1. The van der Waals surface area contributed by atoms with E-state index in [1.165, 1.54) is 0 Å². The fourth-order valence-electron chi connectivity index (χ4n) is 2.88. The lowest BCUT2D eigenvalue weighted by atomic mass is 9.98. The molecule has 2 N–H and O–H groups in total. The average Bonchev–Trinajstić information content (AvgIpc) is 2.52. The Morgan fingerprint density at radius 1 is 1.35 bits per heavy atom. The minimum atomic E-state index is 0. The summed E-state index contributed by atoms with van der Waals surface area (Å²) in [5.41, 5.74) is 0.963. The Bertz CT molecular complexity index is 466. The van der Waals surface area contributed by atoms with Crippen molar-refractivity contribution in [1.29, 1.82) is 0 Å². The summed E-state index contributed by atoms with van der Waals surface area (Å²) in [4.78, 5) is 2.44. The van der Waals surface area contributed by atoms with Crippen LogP contribution in [0.2, 0.25) is 0 Å². The van der Waals surface area contributed by atoms with Crippen molar-refractivity contribution in [3.05, 3.63) is 36.4 Å². The molecule has 132 valence electrons. The van der Waals surface area contributed by atoms with Crippen LogP contribution in [0.3, 0.4) is 0 Å². The number of halogens is 2. The van der Waals surface area contributed by atoms with Crippen LogP contribution >= 0.6 is 24.8 Å². The third kappa shape index (κ3) is 5.88. The van der Waals surface area contributed by atoms with E-state index in [0.29, 0.717) is 12.4 Å². The van der Waals surface area contributed by atoms with Gasteiger partial charge in [-0.2, -0.15) is 0 Å². The summed E-state index contributed by atoms with van der Waals surface area (Å²) in [6, 6.07) is 6.01. The van der Waals surface area contributed by atoms with E-state index < -0.39 is 0 Å². The number of hydrogen-bond donors (Lipinski definition) is 2. The van der Waals surface area contributed by atoms with Gasteiger partial charge in [-0.3, -0.25) is 4.90 Å². The van der Waals surface area contributed by atoms with Crippen LogP contribution in [0.4, 0.5) is 0 Å². The highest BCUT2D eigenvalue weighted by Crippen LogP contribution is 2.38. The van der Waals surface area contributed by atoms with E-state index in [4.69, 9.17) is 4.74 Å². The van der Waals surface area contributed by atoms with Crippen LogP contribution in [0.25, 0.3) is 0 Å². The Morgan fingerprint density at radius 2 is 2.04 bits per heavy atom. The third-order valence-corrected chi connectivity index (χ3v) is 3.93. The largest absolute Gasteiger partial charge is 0.504 e. The second-order valence-corrected chi connectivity index (χ2v) is 5.29. The first-order valence-electron chi connectivity index (χ1n) is 7.78. The predicted octanol–water partition coefficient (Wildman–Crippen LogP) is 3.55. The van der Waals surface area contributed by atoms with Gasteiger partial charge in [-0.1, -0.05) is 18.2 Å². The van der Waals surface area contributed by atoms with Crippen LogP contribution in [0.5, 0.6) is 11.5 Å². The molecule has 0 radical (unpaired) electrons. The zero-order valence-corrected chi connectivity index (χ0v) is 15.3. The van der Waals surface area contributed by atoms with Crippen molar-refractivity contribution >= 4 is 24.8 Å². The zero-order chi connectivity index (χ0) is 15.1. The van der Waals surface area contributed by atoms with Gasteiger partial charge in [0.2, 0.25) is 0 Å². The first-order chi connectivity index (χ1) is 10.3. The van der Waals surface area contributed by atoms with Gasteiger partial charge in [-0.15, -0.1) is 31.4 Å². The van der Waals surface area contributed by atoms with Gasteiger partial charge >= 0.3 is 0 Å². The molecular weight excluding hydrogens is 335 g/mol. The van der Waals surface area contributed by atoms with Crippen molar-refractivity contribution in [2.45, 2.75) is 25.8 Å². The smallest absolute Gasteiger partial charge is 0.162 e. The topological polar surface area (TPSA) is 44.7 Å². The first-order valence-corrected chi connectivity index (χ1v) is 7.78. The van der Waals surface area contributed by atoms with Crippen LogP contribution in [0.15, 0.2) is 30.9 Å². The predicted molar refractivity (Wildman–Crippen MR) is 100 cm³/mol. The maximum atomic E-state index is 10.5. The standard InChI is InChI=1S/C17H26N2O2.2ClH/c1-3-5-8-15(19-12-10-18-11-13-19)14-7-6-9-16(17(14)20)21-4-2;;/h3,6-7,9,15,18,20H,1,4-5,8,10-13H2,2H3;2*1H/t15-;;/m0../s1. The van der Waals surface area contributed by atoms with Gasteiger partial charge in [0, 0.05) is 37.8 Å². The molecule has 1 aliphatic heterocycles. The van der Waals surface area contributed by atoms with Crippen LogP contribution in [-0.2, 0) is 0 Å². The SMILES string of the molecule is C=CCC[C@@H](c1cccc(OCC)c1O)N1CCNCC1.Cl.Cl. The van der Waals surface area contributed by atoms with Crippen molar-refractivity contribution < 1.29 is 9.84 Å². The molecule has 1 aromatic carbocycles. The minimum Gasteiger partial charge on any atom is -0.504 e. The third-order valence-electron chi connectivity index (χ3n) is 3.93. The van der Waals surface area contributed by atoms with Crippen LogP contribution in [-0.4, -0.2) is 42.8 Å². The van der Waals surface area contributed by atoms with Gasteiger partial charge in [0.25, 0.3) is 0 Å². The molecule has 4 nitrogen and oxygen atoms in total. The summed E-state index contributed by atoms with van der Waals surface area (Å²) in [6.45, 7) is 10.3. The Labute approximate surface area is 151 Å². The molecule has 6 heteroatoms. The molecule has 0 amide bonds. The Balaban J connectivity index is 0.00000242. The fraction of sp³-hybridized carbons (Fsp3) is 0.529. The highest BCUT2D eigenvalue weighted by atomic mass is 35.5. The zero-order valence-electron chi connectivity index (χ0n) is 13.7. The number of nitrogens with zero attached hydrogens (tertiary/aromatic N) is 1. The molecule has 0 unspecified atom stereocenters. The lowest BCUT2D eigenvalue weighted by Gasteiger charge is -2.35. The second kappa shape index (κ2) is 11.6. The normalized spacial score (nSPS) is 15.9. The van der Waals surface area contributed by atoms with Crippen molar-refractivity contribution in [3.63, 3.8) is 0 Å². The Hall–Kier alpha value is -0.940. The van der Waals surface area contributed by atoms with Crippen LogP contribution < -0.4 is 10.1 Å². The van der Waals surface area contributed by atoms with Crippen molar-refractivity contribution in [2.75, 3.05) is 32.8 Å². The van der Waals surface area contributed by atoms with E-state index in [2.05, 4.69) is 16.8 Å². The molecule has 1 fully saturated rings. The summed E-state index contributed by atoms with van der Waals surface area (Å²) in [7, 11) is 0. The maximum Gasteiger partial charge on any atom is 0.162 e. The van der Waals surface area contributed by atoms with Crippen molar-refractivity contribution in [1.82, 2.24) is 10.2 Å². The van der Waals surface area contributed by atoms with E-state index >= 15 is 0 Å². The van der Waals surface area contributed by atoms with Crippen molar-refractivity contribution in [3.8, 4) is 11.5 Å². The molecule has 0 bridgehead atoms. The molecule has 0 aromatic heterocycles. The summed E-state index contributed by atoms with van der Waals surface area (Å²) in [5, 5.41) is 13.9. The summed E-state index contributed by atoms with van der Waals surface area (Å²) < 4.78 is 5.52. The quantitative estimate of drug-likeness (QED) is 0.728. The first kappa shape index (κ1) is 22.1. The molecule has 2 rings (SSSR count). The molecule has 1 aliphatic rings. The lowest BCUT2D eigenvalue weighted by Crippen LogP contribution is -2.45. The van der Waals surface area contributed by atoms with Gasteiger partial charge in [-0.25, -0.2) is 0 Å². The van der Waals surface area contributed by atoms with Crippen LogP contribution in [0.1, 0.15) is 31.4 Å². The van der Waals surface area contributed by atoms with Gasteiger partial charge in [0.1, 0.15) is 0 Å². The highest BCUT2D eigenvalue weighted by molar-refractivity contribution is 5.85. The van der Waals surface area contributed by atoms with Gasteiger partial charge in [0.05, 0.1) is 6.61 Å². The number of benzene rings is 1. The van der Waals surface area contributed by atoms with Gasteiger partial charge < -0.3 is 15.2 Å². The summed E-state index contributed by atoms with van der Waals surface area (Å²) in [5.74, 6) is 0.862. The number of piperazine rings is 1. The second-order valence-electron chi connectivity index (χ2n) is 5.29. The van der Waals surface area contributed by atoms with E-state index in [-0.39, 0.29) is 36.6 Å². The monoisotopic (exact) mass is 362 g/mol. The molecule has 1 saturated heterocycles. The van der Waals surface area contributed by atoms with E-state index in [1.807, 2.05) is 31.2 Å². The number of para-hydroxylation sites is 1.